The van der Waals surface area contributed by atoms with Crippen LogP contribution in [0.4, 0.5) is 14.5 Å². The first kappa shape index (κ1) is 29.2. The molecule has 0 bridgehead atoms. The van der Waals surface area contributed by atoms with Gasteiger partial charge in [0.25, 0.3) is 5.91 Å². The minimum Gasteiger partial charge on any atom is -0.397 e. The van der Waals surface area contributed by atoms with Crippen molar-refractivity contribution in [3.05, 3.63) is 76.7 Å². The molecule has 2 aromatic heterocycles. The van der Waals surface area contributed by atoms with Gasteiger partial charge in [-0.2, -0.15) is 0 Å². The molecule has 3 heterocycles. The van der Waals surface area contributed by atoms with Gasteiger partial charge < -0.3 is 26.0 Å². The summed E-state index contributed by atoms with van der Waals surface area (Å²) in [5.74, 6) is -3.32. The molecule has 3 aromatic rings. The monoisotopic (exact) mass is 554 g/mol. The average Bonchev–Trinajstić information content (AvgIpc) is 2.88. The van der Waals surface area contributed by atoms with E-state index in [9.17, 15) is 24.2 Å². The number of aromatic nitrogens is 2. The molecule has 9 nitrogen and oxygen atoms in total. The Morgan fingerprint density at radius 3 is 2.62 bits per heavy atom. The molecular weight excluding hydrogens is 522 g/mol. The fourth-order valence-electron chi connectivity index (χ4n) is 4.64. The van der Waals surface area contributed by atoms with E-state index in [2.05, 4.69) is 15.3 Å². The SMILES string of the molecule is CC(C)NC(=O)c1ccc(F)c(-c2ccc(N)c(C(=O)Cc3cnccc3[C@@H]3C[C@@H](O)[C@](C)(O)[C@@H](C)O3)n2)c1F. The minimum absolute atomic E-state index is 0.00252. The lowest BCUT2D eigenvalue weighted by Gasteiger charge is -2.43. The topological polar surface area (TPSA) is 148 Å². The predicted octanol–water partition coefficient (Wildman–Crippen LogP) is 3.53. The molecule has 0 radical (unpaired) electrons. The largest absolute Gasteiger partial charge is 0.397 e. The molecule has 1 aliphatic heterocycles. The molecule has 0 aliphatic carbocycles. The Balaban J connectivity index is 1.66. The highest BCUT2D eigenvalue weighted by Crippen LogP contribution is 2.38. The number of hydrogen-bond donors (Lipinski definition) is 4. The van der Waals surface area contributed by atoms with Gasteiger partial charge in [0, 0.05) is 31.3 Å². The number of aliphatic hydroxyl groups excluding tert-OH is 1. The third kappa shape index (κ3) is 5.72. The highest BCUT2D eigenvalue weighted by atomic mass is 19.1. The summed E-state index contributed by atoms with van der Waals surface area (Å²) in [4.78, 5) is 34.1. The minimum atomic E-state index is -1.43. The van der Waals surface area contributed by atoms with E-state index in [1.165, 1.54) is 31.5 Å². The number of rotatable bonds is 7. The van der Waals surface area contributed by atoms with Crippen LogP contribution in [0.2, 0.25) is 0 Å². The fourth-order valence-corrected chi connectivity index (χ4v) is 4.64. The number of halogens is 2. The van der Waals surface area contributed by atoms with Gasteiger partial charge in [0.2, 0.25) is 0 Å². The Bertz CT molecular complexity index is 1430. The van der Waals surface area contributed by atoms with E-state index in [0.717, 1.165) is 12.1 Å². The molecule has 212 valence electrons. The maximum absolute atomic E-state index is 15.4. The van der Waals surface area contributed by atoms with Crippen molar-refractivity contribution < 1.29 is 33.3 Å². The molecule has 4 atom stereocenters. The van der Waals surface area contributed by atoms with E-state index in [-0.39, 0.29) is 41.5 Å². The van der Waals surface area contributed by atoms with Gasteiger partial charge in [0.1, 0.15) is 22.9 Å². The van der Waals surface area contributed by atoms with Crippen LogP contribution in [-0.2, 0) is 11.2 Å². The fraction of sp³-hybridized carbons (Fsp3) is 0.379. The number of aliphatic hydroxyl groups is 2. The van der Waals surface area contributed by atoms with Crippen molar-refractivity contribution in [3.63, 3.8) is 0 Å². The Morgan fingerprint density at radius 2 is 1.95 bits per heavy atom. The van der Waals surface area contributed by atoms with Crippen molar-refractivity contribution in [1.82, 2.24) is 15.3 Å². The molecular formula is C29H32F2N4O5. The molecule has 1 saturated heterocycles. The lowest BCUT2D eigenvalue weighted by atomic mass is 9.84. The average molecular weight is 555 g/mol. The maximum atomic E-state index is 15.4. The number of carbonyl (C=O) groups excluding carboxylic acids is 2. The number of benzene rings is 1. The van der Waals surface area contributed by atoms with Crippen molar-refractivity contribution in [3.8, 4) is 11.3 Å². The third-order valence-corrected chi connectivity index (χ3v) is 7.14. The summed E-state index contributed by atoms with van der Waals surface area (Å²) in [7, 11) is 0. The smallest absolute Gasteiger partial charge is 0.254 e. The zero-order chi connectivity index (χ0) is 29.4. The van der Waals surface area contributed by atoms with Gasteiger partial charge in [-0.25, -0.2) is 13.8 Å². The number of hydrogen-bond acceptors (Lipinski definition) is 8. The van der Waals surface area contributed by atoms with Gasteiger partial charge in [0.15, 0.2) is 5.78 Å². The van der Waals surface area contributed by atoms with Crippen LogP contribution in [0.1, 0.15) is 72.2 Å². The van der Waals surface area contributed by atoms with E-state index >= 15 is 4.39 Å². The van der Waals surface area contributed by atoms with Gasteiger partial charge in [-0.05, 0) is 69.2 Å². The molecule has 0 spiro atoms. The van der Waals surface area contributed by atoms with Crippen molar-refractivity contribution >= 4 is 17.4 Å². The van der Waals surface area contributed by atoms with Crippen molar-refractivity contribution in [2.45, 2.75) is 70.5 Å². The van der Waals surface area contributed by atoms with Gasteiger partial charge in [-0.1, -0.05) is 0 Å². The molecule has 1 aliphatic rings. The standard InChI is InChI=1S/C29H32F2N4O5/c1-14(2)34-28(38)18-5-6-19(30)25(26(18)31)21-8-7-20(32)27(35-21)22(36)11-16-13-33-10-9-17(16)23-12-24(37)29(4,39)15(3)40-23/h5-10,13-15,23-24,37,39H,11-12,32H2,1-4H3,(H,34,38)/t15-,23+,24-,29-/m1/s1. The summed E-state index contributed by atoms with van der Waals surface area (Å²) in [6, 6.07) is 6.01. The lowest BCUT2D eigenvalue weighted by molar-refractivity contribution is -0.215. The van der Waals surface area contributed by atoms with Gasteiger partial charge in [0.05, 0.1) is 40.8 Å². The molecule has 1 amide bonds. The number of anilines is 1. The summed E-state index contributed by atoms with van der Waals surface area (Å²) < 4.78 is 36.1. The number of Topliss-reactive ketones (excluding diaryl/α,β-unsaturated/α-hetero) is 1. The van der Waals surface area contributed by atoms with E-state index in [1.807, 2.05) is 0 Å². The highest BCUT2D eigenvalue weighted by molar-refractivity contribution is 6.01. The van der Waals surface area contributed by atoms with Crippen LogP contribution in [0.5, 0.6) is 0 Å². The number of carbonyl (C=O) groups is 2. The van der Waals surface area contributed by atoms with Crippen LogP contribution in [0.15, 0.2) is 42.7 Å². The normalized spacial score (nSPS) is 22.8. The van der Waals surface area contributed by atoms with Crippen LogP contribution in [0.25, 0.3) is 11.3 Å². The lowest BCUT2D eigenvalue weighted by Crippen LogP contribution is -2.54. The first-order chi connectivity index (χ1) is 18.8. The molecule has 1 aromatic carbocycles. The molecule has 40 heavy (non-hydrogen) atoms. The molecule has 4 rings (SSSR count). The van der Waals surface area contributed by atoms with Gasteiger partial charge >= 0.3 is 0 Å². The number of nitrogens with zero attached hydrogens (tertiary/aromatic N) is 2. The van der Waals surface area contributed by atoms with Crippen LogP contribution in [-0.4, -0.2) is 55.7 Å². The number of nitrogens with two attached hydrogens (primary N) is 1. The maximum Gasteiger partial charge on any atom is 0.254 e. The molecule has 0 saturated carbocycles. The van der Waals surface area contributed by atoms with Crippen LogP contribution in [0.3, 0.4) is 0 Å². The summed E-state index contributed by atoms with van der Waals surface area (Å²) in [6.07, 6.45) is 0.527. The molecule has 0 unspecified atom stereocenters. The quantitative estimate of drug-likeness (QED) is 0.324. The zero-order valence-electron chi connectivity index (χ0n) is 22.6. The first-order valence-electron chi connectivity index (χ1n) is 12.9. The highest BCUT2D eigenvalue weighted by Gasteiger charge is 2.44. The van der Waals surface area contributed by atoms with Gasteiger partial charge in [-0.15, -0.1) is 0 Å². The first-order valence-corrected chi connectivity index (χ1v) is 12.9. The zero-order valence-corrected chi connectivity index (χ0v) is 22.6. The van der Waals surface area contributed by atoms with Crippen LogP contribution >= 0.6 is 0 Å². The Morgan fingerprint density at radius 1 is 1.23 bits per heavy atom. The predicted molar refractivity (Wildman–Crippen MR) is 143 cm³/mol. The number of pyridine rings is 2. The van der Waals surface area contributed by atoms with E-state index in [4.69, 9.17) is 10.5 Å². The Hall–Kier alpha value is -3.80. The van der Waals surface area contributed by atoms with E-state index in [0.29, 0.717) is 11.1 Å². The van der Waals surface area contributed by atoms with Crippen molar-refractivity contribution in [2.75, 3.05) is 5.73 Å². The Kier molecular flexibility index (Phi) is 8.29. The second kappa shape index (κ2) is 11.4. The summed E-state index contributed by atoms with van der Waals surface area (Å²) >= 11 is 0. The number of ketones is 1. The van der Waals surface area contributed by atoms with Crippen molar-refractivity contribution in [1.29, 1.82) is 0 Å². The van der Waals surface area contributed by atoms with Crippen molar-refractivity contribution in [2.24, 2.45) is 0 Å². The molecule has 11 heteroatoms. The number of nitrogens with one attached hydrogen (secondary N) is 1. The second-order valence-corrected chi connectivity index (χ2v) is 10.5. The summed E-state index contributed by atoms with van der Waals surface area (Å²) in [5, 5.41) is 23.5. The molecule has 5 N–H and O–H groups in total. The second-order valence-electron chi connectivity index (χ2n) is 10.5. The van der Waals surface area contributed by atoms with Crippen LogP contribution in [0, 0.1) is 11.6 Å². The summed E-state index contributed by atoms with van der Waals surface area (Å²) in [5.41, 5.74) is 4.36. The summed E-state index contributed by atoms with van der Waals surface area (Å²) in [6.45, 7) is 6.56. The van der Waals surface area contributed by atoms with E-state index in [1.54, 1.807) is 26.8 Å². The third-order valence-electron chi connectivity index (χ3n) is 7.14. The Labute approximate surface area is 230 Å². The van der Waals surface area contributed by atoms with Crippen LogP contribution < -0.4 is 11.1 Å². The van der Waals surface area contributed by atoms with Gasteiger partial charge in [-0.3, -0.25) is 14.6 Å². The molecule has 1 fully saturated rings. The number of nitrogen functional groups attached to an aromatic ring is 1. The number of ether oxygens (including phenoxy) is 1. The van der Waals surface area contributed by atoms with E-state index < -0.39 is 52.8 Å². The number of amides is 1.